The number of carbonyl (C=O) groups excluding carboxylic acids is 1. The summed E-state index contributed by atoms with van der Waals surface area (Å²) in [5.41, 5.74) is 4.55. The summed E-state index contributed by atoms with van der Waals surface area (Å²) in [6, 6.07) is 3.84. The molecular weight excluding hydrogens is 291 g/mol. The topological polar surface area (TPSA) is 67.1 Å². The third kappa shape index (κ3) is 5.87. The fourth-order valence-corrected chi connectivity index (χ4v) is 1.56. The zero-order valence-corrected chi connectivity index (χ0v) is 11.3. The molecule has 1 rings (SSSR count). The molecule has 110 valence electrons. The molecule has 8 heteroatoms. The van der Waals surface area contributed by atoms with Crippen molar-refractivity contribution in [2.24, 2.45) is 5.73 Å². The Labute approximate surface area is 119 Å². The fraction of sp³-hybridized carbons (Fsp3) is 0.333. The molecule has 0 fully saturated rings. The van der Waals surface area contributed by atoms with Crippen LogP contribution in [0.15, 0.2) is 24.3 Å². The average Bonchev–Trinajstić information content (AvgIpc) is 2.34. The Hall–Kier alpha value is -1.83. The van der Waals surface area contributed by atoms with Crippen molar-refractivity contribution in [1.82, 2.24) is 5.32 Å². The minimum Gasteiger partial charge on any atom is -0.393 e. The quantitative estimate of drug-likeness (QED) is 0.579. The highest BCUT2D eigenvalue weighted by Gasteiger charge is 2.30. The van der Waals surface area contributed by atoms with Crippen LogP contribution in [-0.2, 0) is 6.18 Å². The van der Waals surface area contributed by atoms with Gasteiger partial charge >= 0.3 is 12.2 Å². The van der Waals surface area contributed by atoms with Gasteiger partial charge in [0, 0.05) is 12.2 Å². The predicted octanol–water partition coefficient (Wildman–Crippen LogP) is 2.89. The summed E-state index contributed by atoms with van der Waals surface area (Å²) < 4.78 is 37.4. The lowest BCUT2D eigenvalue weighted by Crippen LogP contribution is -2.30. The maximum absolute atomic E-state index is 12.5. The summed E-state index contributed by atoms with van der Waals surface area (Å²) in [5.74, 6) is 0. The third-order valence-electron chi connectivity index (χ3n) is 2.33. The number of thiocarbonyl (C=S) groups is 1. The van der Waals surface area contributed by atoms with Gasteiger partial charge in [0.2, 0.25) is 0 Å². The van der Waals surface area contributed by atoms with E-state index in [0.717, 1.165) is 12.1 Å². The lowest BCUT2D eigenvalue weighted by molar-refractivity contribution is -0.137. The number of carbonyl (C=O) groups is 1. The molecule has 0 aliphatic heterocycles. The number of halogens is 3. The first-order chi connectivity index (χ1) is 9.29. The Morgan fingerprint density at radius 2 is 2.05 bits per heavy atom. The molecule has 0 bridgehead atoms. The predicted molar refractivity (Wildman–Crippen MR) is 74.5 cm³/mol. The smallest absolute Gasteiger partial charge is 0.393 e. The van der Waals surface area contributed by atoms with Crippen LogP contribution in [0.1, 0.15) is 18.4 Å². The van der Waals surface area contributed by atoms with E-state index in [1.165, 1.54) is 12.1 Å². The van der Waals surface area contributed by atoms with Gasteiger partial charge in [-0.25, -0.2) is 4.79 Å². The summed E-state index contributed by atoms with van der Waals surface area (Å²) in [6.45, 7) is 0.335. The molecule has 2 amide bonds. The molecule has 0 aliphatic rings. The first-order valence-electron chi connectivity index (χ1n) is 5.79. The summed E-state index contributed by atoms with van der Waals surface area (Å²) in [7, 11) is 0. The Morgan fingerprint density at radius 3 is 2.65 bits per heavy atom. The summed E-state index contributed by atoms with van der Waals surface area (Å²) in [5, 5.41) is 4.83. The van der Waals surface area contributed by atoms with Gasteiger partial charge < -0.3 is 16.4 Å². The number of hydrogen-bond donors (Lipinski definition) is 3. The van der Waals surface area contributed by atoms with Crippen LogP contribution in [0.2, 0.25) is 0 Å². The van der Waals surface area contributed by atoms with Crippen molar-refractivity contribution >= 4 is 28.9 Å². The van der Waals surface area contributed by atoms with Crippen molar-refractivity contribution in [3.05, 3.63) is 29.8 Å². The van der Waals surface area contributed by atoms with Crippen molar-refractivity contribution in [3.8, 4) is 0 Å². The second-order valence-electron chi connectivity index (χ2n) is 4.03. The lowest BCUT2D eigenvalue weighted by atomic mass is 10.2. The number of rotatable bonds is 5. The van der Waals surface area contributed by atoms with Crippen molar-refractivity contribution in [3.63, 3.8) is 0 Å². The van der Waals surface area contributed by atoms with E-state index in [2.05, 4.69) is 22.9 Å². The van der Waals surface area contributed by atoms with E-state index in [9.17, 15) is 18.0 Å². The minimum absolute atomic E-state index is 0.0756. The Kier molecular flexibility index (Phi) is 5.75. The van der Waals surface area contributed by atoms with E-state index in [0.29, 0.717) is 24.4 Å². The number of alkyl halides is 3. The number of amides is 2. The van der Waals surface area contributed by atoms with Gasteiger partial charge in [-0.05, 0) is 31.0 Å². The van der Waals surface area contributed by atoms with Gasteiger partial charge in [-0.15, -0.1) is 0 Å². The van der Waals surface area contributed by atoms with Crippen LogP contribution in [0.25, 0.3) is 0 Å². The van der Waals surface area contributed by atoms with E-state index in [1.54, 1.807) is 0 Å². The van der Waals surface area contributed by atoms with E-state index in [1.807, 2.05) is 0 Å². The second-order valence-corrected chi connectivity index (χ2v) is 4.55. The zero-order valence-electron chi connectivity index (χ0n) is 10.5. The molecule has 0 unspecified atom stereocenters. The van der Waals surface area contributed by atoms with Crippen LogP contribution in [0, 0.1) is 0 Å². The molecule has 0 aliphatic carbocycles. The van der Waals surface area contributed by atoms with Crippen LogP contribution < -0.4 is 16.4 Å². The summed E-state index contributed by atoms with van der Waals surface area (Å²) in [4.78, 5) is 11.8. The van der Waals surface area contributed by atoms with E-state index in [4.69, 9.17) is 5.73 Å². The molecule has 20 heavy (non-hydrogen) atoms. The Morgan fingerprint density at radius 1 is 1.35 bits per heavy atom. The van der Waals surface area contributed by atoms with Gasteiger partial charge in [0.05, 0.1) is 10.6 Å². The number of nitrogens with one attached hydrogen (secondary N) is 2. The molecule has 0 radical (unpaired) electrons. The largest absolute Gasteiger partial charge is 0.416 e. The number of anilines is 1. The minimum atomic E-state index is -4.44. The highest BCUT2D eigenvalue weighted by atomic mass is 32.1. The van der Waals surface area contributed by atoms with Gasteiger partial charge in [-0.2, -0.15) is 13.2 Å². The summed E-state index contributed by atoms with van der Waals surface area (Å²) in [6.07, 6.45) is -3.37. The molecule has 1 aromatic rings. The SMILES string of the molecule is NC(=S)CCCNC(=O)Nc1cccc(C(F)(F)F)c1. The number of hydrogen-bond acceptors (Lipinski definition) is 2. The van der Waals surface area contributed by atoms with Crippen LogP contribution in [0.4, 0.5) is 23.7 Å². The molecule has 0 spiro atoms. The number of benzene rings is 1. The van der Waals surface area contributed by atoms with Crippen LogP contribution in [0.5, 0.6) is 0 Å². The molecule has 0 aromatic heterocycles. The molecule has 0 saturated carbocycles. The maximum atomic E-state index is 12.5. The second kappa shape index (κ2) is 7.09. The lowest BCUT2D eigenvalue weighted by Gasteiger charge is -2.10. The van der Waals surface area contributed by atoms with Crippen molar-refractivity contribution in [2.75, 3.05) is 11.9 Å². The van der Waals surface area contributed by atoms with Gasteiger partial charge in [-0.3, -0.25) is 0 Å². The van der Waals surface area contributed by atoms with E-state index >= 15 is 0 Å². The number of urea groups is 1. The maximum Gasteiger partial charge on any atom is 0.416 e. The third-order valence-corrected chi connectivity index (χ3v) is 2.54. The standard InChI is InChI=1S/C12H14F3N3OS/c13-12(14,15)8-3-1-4-9(7-8)18-11(19)17-6-2-5-10(16)20/h1,3-4,7H,2,5-6H2,(H2,16,20)(H2,17,18,19). The Bertz CT molecular complexity index is 491. The molecule has 4 nitrogen and oxygen atoms in total. The van der Waals surface area contributed by atoms with Crippen LogP contribution in [-0.4, -0.2) is 17.6 Å². The van der Waals surface area contributed by atoms with Crippen LogP contribution >= 0.6 is 12.2 Å². The van der Waals surface area contributed by atoms with Crippen molar-refractivity contribution in [2.45, 2.75) is 19.0 Å². The normalized spacial score (nSPS) is 10.9. The molecule has 0 heterocycles. The average molecular weight is 305 g/mol. The number of nitrogens with two attached hydrogens (primary N) is 1. The van der Waals surface area contributed by atoms with E-state index < -0.39 is 17.8 Å². The Balaban J connectivity index is 2.48. The highest BCUT2D eigenvalue weighted by Crippen LogP contribution is 2.30. The van der Waals surface area contributed by atoms with Gasteiger partial charge in [0.15, 0.2) is 0 Å². The molecular formula is C12H14F3N3OS. The summed E-state index contributed by atoms with van der Waals surface area (Å²) >= 11 is 4.67. The highest BCUT2D eigenvalue weighted by molar-refractivity contribution is 7.80. The van der Waals surface area contributed by atoms with Gasteiger partial charge in [0.1, 0.15) is 0 Å². The first kappa shape index (κ1) is 16.2. The zero-order chi connectivity index (χ0) is 15.2. The first-order valence-corrected chi connectivity index (χ1v) is 6.20. The molecule has 1 aromatic carbocycles. The van der Waals surface area contributed by atoms with Crippen molar-refractivity contribution < 1.29 is 18.0 Å². The molecule has 4 N–H and O–H groups in total. The molecule has 0 atom stereocenters. The van der Waals surface area contributed by atoms with Gasteiger partial charge in [0.25, 0.3) is 0 Å². The van der Waals surface area contributed by atoms with E-state index in [-0.39, 0.29) is 5.69 Å². The monoisotopic (exact) mass is 305 g/mol. The fourth-order valence-electron chi connectivity index (χ4n) is 1.41. The van der Waals surface area contributed by atoms with Crippen molar-refractivity contribution in [1.29, 1.82) is 0 Å². The molecule has 0 saturated heterocycles. The van der Waals surface area contributed by atoms with Gasteiger partial charge in [-0.1, -0.05) is 18.3 Å². The van der Waals surface area contributed by atoms with Crippen LogP contribution in [0.3, 0.4) is 0 Å².